The number of nitrogens with one attached hydrogen (secondary N) is 2. The standard InChI is InChI=1S/C24H27N9O/c1-2-21-18(14-27-24(31-21)32-9-11-34-12-10-32)13-17(1)22-5-8-26-23(30-22)29-19-15-28-33(16-19)20-3-6-25-7-4-20/h1-2,5,8,13-16,20,25H,3-4,6-7,9-12H2,(H,26,29,30). The monoisotopic (exact) mass is 457 g/mol. The summed E-state index contributed by atoms with van der Waals surface area (Å²) in [6.07, 6.45) is 9.69. The number of benzene rings is 1. The highest BCUT2D eigenvalue weighted by Crippen LogP contribution is 2.25. The Hall–Kier alpha value is -3.63. The summed E-state index contributed by atoms with van der Waals surface area (Å²) in [6, 6.07) is 8.48. The second-order valence-corrected chi connectivity index (χ2v) is 8.62. The SMILES string of the molecule is c1cc(-c2ccc3nc(N4CCOCC4)ncc3c2)nc(Nc2cnn(C3CCNCC3)c2)n1. The molecule has 0 amide bonds. The highest BCUT2D eigenvalue weighted by Gasteiger charge is 2.16. The molecule has 10 heteroatoms. The molecule has 0 unspecified atom stereocenters. The lowest BCUT2D eigenvalue weighted by atomic mass is 10.1. The number of aromatic nitrogens is 6. The highest BCUT2D eigenvalue weighted by molar-refractivity contribution is 5.84. The Morgan fingerprint density at radius 3 is 2.76 bits per heavy atom. The van der Waals surface area contributed by atoms with Gasteiger partial charge in [-0.1, -0.05) is 6.07 Å². The van der Waals surface area contributed by atoms with Crippen LogP contribution in [0, 0.1) is 0 Å². The Bertz CT molecular complexity index is 1280. The van der Waals surface area contributed by atoms with Gasteiger partial charge in [-0.2, -0.15) is 5.10 Å². The fourth-order valence-electron chi connectivity index (χ4n) is 4.48. The molecule has 4 aromatic rings. The fraction of sp³-hybridized carbons (Fsp3) is 0.375. The third kappa shape index (κ3) is 4.42. The highest BCUT2D eigenvalue weighted by atomic mass is 16.5. The number of anilines is 3. The molecule has 3 aromatic heterocycles. The van der Waals surface area contributed by atoms with E-state index in [1.165, 1.54) is 0 Å². The molecular formula is C24H27N9O. The topological polar surface area (TPSA) is 106 Å². The number of piperidine rings is 1. The summed E-state index contributed by atoms with van der Waals surface area (Å²) in [5.74, 6) is 1.29. The maximum atomic E-state index is 5.43. The van der Waals surface area contributed by atoms with Crippen molar-refractivity contribution in [1.82, 2.24) is 35.0 Å². The van der Waals surface area contributed by atoms with Gasteiger partial charge in [-0.15, -0.1) is 0 Å². The van der Waals surface area contributed by atoms with Crippen LogP contribution in [-0.4, -0.2) is 69.1 Å². The van der Waals surface area contributed by atoms with Crippen molar-refractivity contribution < 1.29 is 4.74 Å². The third-order valence-corrected chi connectivity index (χ3v) is 6.35. The summed E-state index contributed by atoms with van der Waals surface area (Å²) < 4.78 is 7.47. The maximum Gasteiger partial charge on any atom is 0.227 e. The molecule has 2 saturated heterocycles. The Kier molecular flexibility index (Phi) is 5.74. The molecule has 34 heavy (non-hydrogen) atoms. The molecule has 0 saturated carbocycles. The van der Waals surface area contributed by atoms with Gasteiger partial charge in [0.1, 0.15) is 0 Å². The lowest BCUT2D eigenvalue weighted by Crippen LogP contribution is -2.37. The van der Waals surface area contributed by atoms with Crippen LogP contribution in [0.25, 0.3) is 22.2 Å². The van der Waals surface area contributed by atoms with E-state index in [1.807, 2.05) is 41.5 Å². The summed E-state index contributed by atoms with van der Waals surface area (Å²) in [7, 11) is 0. The Labute approximate surface area is 197 Å². The smallest absolute Gasteiger partial charge is 0.227 e. The molecule has 0 aliphatic carbocycles. The van der Waals surface area contributed by atoms with E-state index in [-0.39, 0.29) is 0 Å². The number of hydrogen-bond acceptors (Lipinski definition) is 9. The first-order valence-electron chi connectivity index (χ1n) is 11.8. The van der Waals surface area contributed by atoms with E-state index in [0.717, 1.165) is 72.8 Å². The van der Waals surface area contributed by atoms with Crippen molar-refractivity contribution in [3.63, 3.8) is 0 Å². The van der Waals surface area contributed by atoms with Gasteiger partial charge in [0, 0.05) is 42.6 Å². The molecule has 174 valence electrons. The van der Waals surface area contributed by atoms with Crippen LogP contribution in [-0.2, 0) is 4.74 Å². The zero-order chi connectivity index (χ0) is 22.7. The Morgan fingerprint density at radius 2 is 1.88 bits per heavy atom. The molecular weight excluding hydrogens is 430 g/mol. The molecule has 2 N–H and O–H groups in total. The van der Waals surface area contributed by atoms with Crippen molar-refractivity contribution in [2.45, 2.75) is 18.9 Å². The van der Waals surface area contributed by atoms with E-state index in [0.29, 0.717) is 25.2 Å². The van der Waals surface area contributed by atoms with E-state index in [2.05, 4.69) is 36.7 Å². The molecule has 2 fully saturated rings. The van der Waals surface area contributed by atoms with Crippen LogP contribution in [0.1, 0.15) is 18.9 Å². The molecule has 5 heterocycles. The van der Waals surface area contributed by atoms with Gasteiger partial charge < -0.3 is 20.3 Å². The number of hydrogen-bond donors (Lipinski definition) is 2. The van der Waals surface area contributed by atoms with Gasteiger partial charge in [0.15, 0.2) is 0 Å². The predicted molar refractivity (Wildman–Crippen MR) is 130 cm³/mol. The molecule has 0 bridgehead atoms. The van der Waals surface area contributed by atoms with Crippen LogP contribution in [0.3, 0.4) is 0 Å². The van der Waals surface area contributed by atoms with Crippen molar-refractivity contribution in [2.75, 3.05) is 49.6 Å². The molecule has 2 aliphatic rings. The Morgan fingerprint density at radius 1 is 1.00 bits per heavy atom. The summed E-state index contributed by atoms with van der Waals surface area (Å²) in [4.78, 5) is 20.6. The maximum absolute atomic E-state index is 5.43. The fourth-order valence-corrected chi connectivity index (χ4v) is 4.48. The van der Waals surface area contributed by atoms with E-state index < -0.39 is 0 Å². The van der Waals surface area contributed by atoms with Gasteiger partial charge in [0.25, 0.3) is 0 Å². The first-order chi connectivity index (χ1) is 16.8. The van der Waals surface area contributed by atoms with Gasteiger partial charge in [-0.3, -0.25) is 4.68 Å². The van der Waals surface area contributed by atoms with Crippen LogP contribution in [0.2, 0.25) is 0 Å². The minimum atomic E-state index is 0.438. The minimum Gasteiger partial charge on any atom is -0.378 e. The Balaban J connectivity index is 1.20. The average Bonchev–Trinajstić information content (AvgIpc) is 3.38. The third-order valence-electron chi connectivity index (χ3n) is 6.35. The molecule has 0 radical (unpaired) electrons. The first-order valence-corrected chi connectivity index (χ1v) is 11.8. The van der Waals surface area contributed by atoms with Crippen molar-refractivity contribution >= 4 is 28.5 Å². The van der Waals surface area contributed by atoms with Crippen LogP contribution in [0.15, 0.2) is 49.1 Å². The number of rotatable bonds is 5. The van der Waals surface area contributed by atoms with E-state index in [9.17, 15) is 0 Å². The van der Waals surface area contributed by atoms with Crippen molar-refractivity contribution in [2.24, 2.45) is 0 Å². The van der Waals surface area contributed by atoms with E-state index in [4.69, 9.17) is 14.7 Å². The molecule has 0 atom stereocenters. The zero-order valence-electron chi connectivity index (χ0n) is 18.9. The van der Waals surface area contributed by atoms with Crippen molar-refractivity contribution in [1.29, 1.82) is 0 Å². The summed E-state index contributed by atoms with van der Waals surface area (Å²) in [5.41, 5.74) is 3.63. The summed E-state index contributed by atoms with van der Waals surface area (Å²) >= 11 is 0. The normalized spacial score (nSPS) is 17.2. The zero-order valence-corrected chi connectivity index (χ0v) is 18.9. The molecule has 1 aromatic carbocycles. The summed E-state index contributed by atoms with van der Waals surface area (Å²) in [6.45, 7) is 5.12. The van der Waals surface area contributed by atoms with Crippen LogP contribution in [0.4, 0.5) is 17.6 Å². The van der Waals surface area contributed by atoms with Gasteiger partial charge in [-0.05, 0) is 44.1 Å². The van der Waals surface area contributed by atoms with Gasteiger partial charge in [0.05, 0.1) is 42.4 Å². The number of fused-ring (bicyclic) bond motifs is 1. The molecule has 6 rings (SSSR count). The van der Waals surface area contributed by atoms with Crippen LogP contribution < -0.4 is 15.5 Å². The van der Waals surface area contributed by atoms with Gasteiger partial charge in [-0.25, -0.2) is 19.9 Å². The van der Waals surface area contributed by atoms with E-state index in [1.54, 1.807) is 6.20 Å². The molecule has 0 spiro atoms. The van der Waals surface area contributed by atoms with Gasteiger partial charge in [0.2, 0.25) is 11.9 Å². The average molecular weight is 458 g/mol. The lowest BCUT2D eigenvalue weighted by Gasteiger charge is -2.26. The predicted octanol–water partition coefficient (Wildman–Crippen LogP) is 2.79. The van der Waals surface area contributed by atoms with Crippen LogP contribution >= 0.6 is 0 Å². The molecule has 10 nitrogen and oxygen atoms in total. The van der Waals surface area contributed by atoms with Crippen molar-refractivity contribution in [3.05, 3.63) is 49.1 Å². The second kappa shape index (κ2) is 9.32. The number of ether oxygens (including phenoxy) is 1. The first kappa shape index (κ1) is 20.9. The van der Waals surface area contributed by atoms with Gasteiger partial charge >= 0.3 is 0 Å². The second-order valence-electron chi connectivity index (χ2n) is 8.62. The number of nitrogens with zero attached hydrogens (tertiary/aromatic N) is 7. The minimum absolute atomic E-state index is 0.438. The largest absolute Gasteiger partial charge is 0.378 e. The lowest BCUT2D eigenvalue weighted by molar-refractivity contribution is 0.122. The molecule has 2 aliphatic heterocycles. The van der Waals surface area contributed by atoms with E-state index >= 15 is 0 Å². The quantitative estimate of drug-likeness (QED) is 0.468. The summed E-state index contributed by atoms with van der Waals surface area (Å²) in [5, 5.41) is 12.2. The van der Waals surface area contributed by atoms with Crippen molar-refractivity contribution in [3.8, 4) is 11.3 Å². The van der Waals surface area contributed by atoms with Crippen LogP contribution in [0.5, 0.6) is 0 Å². The number of morpholine rings is 1.